The maximum atomic E-state index is 5.80. The Morgan fingerprint density at radius 2 is 1.85 bits per heavy atom. The minimum atomic E-state index is 0.369. The molecule has 4 bridgehead atoms. The third-order valence-electron chi connectivity index (χ3n) is 5.87. The van der Waals surface area contributed by atoms with Crippen molar-refractivity contribution in [3.8, 4) is 0 Å². The van der Waals surface area contributed by atoms with E-state index in [0.717, 1.165) is 23.4 Å². The van der Waals surface area contributed by atoms with Crippen LogP contribution in [-0.4, -0.2) is 16.9 Å². The van der Waals surface area contributed by atoms with Crippen molar-refractivity contribution in [1.82, 2.24) is 9.78 Å². The lowest BCUT2D eigenvalue weighted by atomic mass is 9.49. The van der Waals surface area contributed by atoms with Crippen LogP contribution < -0.4 is 5.73 Å². The molecule has 1 aromatic rings. The van der Waals surface area contributed by atoms with Gasteiger partial charge in [0.1, 0.15) is 6.73 Å². The Morgan fingerprint density at radius 1 is 1.25 bits per heavy atom. The molecule has 110 valence electrons. The molecule has 1 aromatic heterocycles. The highest BCUT2D eigenvalue weighted by Crippen LogP contribution is 2.60. The van der Waals surface area contributed by atoms with E-state index in [0.29, 0.717) is 18.7 Å². The van der Waals surface area contributed by atoms with E-state index in [1.54, 1.807) is 7.11 Å². The predicted molar refractivity (Wildman–Crippen MR) is 77.0 cm³/mol. The molecule has 0 spiro atoms. The van der Waals surface area contributed by atoms with Crippen LogP contribution in [0.3, 0.4) is 0 Å². The van der Waals surface area contributed by atoms with Crippen molar-refractivity contribution in [2.24, 2.45) is 23.5 Å². The van der Waals surface area contributed by atoms with Gasteiger partial charge in [-0.1, -0.05) is 0 Å². The molecule has 4 saturated carbocycles. The summed E-state index contributed by atoms with van der Waals surface area (Å²) in [7, 11) is 1.74. The van der Waals surface area contributed by atoms with Crippen LogP contribution in [0.15, 0.2) is 6.07 Å². The SMILES string of the molecule is COCn1nc(CN)cc1C12CC3CC(CC(C3)C1)C2. The minimum Gasteiger partial charge on any atom is -0.362 e. The molecule has 2 N–H and O–H groups in total. The zero-order valence-electron chi connectivity index (χ0n) is 12.3. The number of methoxy groups -OCH3 is 1. The van der Waals surface area contributed by atoms with Gasteiger partial charge in [0.25, 0.3) is 0 Å². The molecular weight excluding hydrogens is 250 g/mol. The second-order valence-electron chi connectivity index (χ2n) is 7.34. The molecule has 0 atom stereocenters. The summed E-state index contributed by atoms with van der Waals surface area (Å²) in [6, 6.07) is 2.26. The van der Waals surface area contributed by atoms with E-state index >= 15 is 0 Å². The summed E-state index contributed by atoms with van der Waals surface area (Å²) in [4.78, 5) is 0. The van der Waals surface area contributed by atoms with Crippen LogP contribution in [0.2, 0.25) is 0 Å². The van der Waals surface area contributed by atoms with E-state index in [-0.39, 0.29) is 0 Å². The highest BCUT2D eigenvalue weighted by molar-refractivity contribution is 5.25. The highest BCUT2D eigenvalue weighted by Gasteiger charge is 2.52. The Labute approximate surface area is 120 Å². The first-order valence-electron chi connectivity index (χ1n) is 7.98. The number of aromatic nitrogens is 2. The number of ether oxygens (including phenoxy) is 1. The molecule has 4 nitrogen and oxygen atoms in total. The molecule has 0 amide bonds. The van der Waals surface area contributed by atoms with Crippen molar-refractivity contribution in [1.29, 1.82) is 0 Å². The van der Waals surface area contributed by atoms with Gasteiger partial charge in [-0.3, -0.25) is 0 Å². The second-order valence-corrected chi connectivity index (χ2v) is 7.34. The van der Waals surface area contributed by atoms with Crippen LogP contribution in [0.25, 0.3) is 0 Å². The summed E-state index contributed by atoms with van der Waals surface area (Å²) in [6.07, 6.45) is 8.50. The van der Waals surface area contributed by atoms with Gasteiger partial charge in [0.2, 0.25) is 0 Å². The van der Waals surface area contributed by atoms with Gasteiger partial charge in [-0.05, 0) is 62.3 Å². The first-order chi connectivity index (χ1) is 9.72. The lowest BCUT2D eigenvalue weighted by Crippen LogP contribution is -2.49. The zero-order valence-corrected chi connectivity index (χ0v) is 12.3. The maximum absolute atomic E-state index is 5.80. The van der Waals surface area contributed by atoms with Crippen LogP contribution in [0.5, 0.6) is 0 Å². The van der Waals surface area contributed by atoms with Crippen LogP contribution >= 0.6 is 0 Å². The van der Waals surface area contributed by atoms with Crippen molar-refractivity contribution < 1.29 is 4.74 Å². The Morgan fingerprint density at radius 3 is 2.35 bits per heavy atom. The van der Waals surface area contributed by atoms with Crippen molar-refractivity contribution in [2.75, 3.05) is 7.11 Å². The third-order valence-corrected chi connectivity index (χ3v) is 5.87. The van der Waals surface area contributed by atoms with Crippen LogP contribution in [0.4, 0.5) is 0 Å². The van der Waals surface area contributed by atoms with Gasteiger partial charge in [0.15, 0.2) is 0 Å². The lowest BCUT2D eigenvalue weighted by molar-refractivity contribution is -0.0128. The van der Waals surface area contributed by atoms with Crippen LogP contribution in [0, 0.1) is 17.8 Å². The predicted octanol–water partition coefficient (Wildman–Crippen LogP) is 2.41. The van der Waals surface area contributed by atoms with E-state index in [2.05, 4.69) is 15.8 Å². The number of rotatable bonds is 4. The number of hydrogen-bond acceptors (Lipinski definition) is 3. The summed E-state index contributed by atoms with van der Waals surface area (Å²) in [5.74, 6) is 2.86. The quantitative estimate of drug-likeness (QED) is 0.918. The summed E-state index contributed by atoms with van der Waals surface area (Å²) in [5, 5.41) is 4.64. The van der Waals surface area contributed by atoms with Gasteiger partial charge in [-0.15, -0.1) is 0 Å². The van der Waals surface area contributed by atoms with Gasteiger partial charge in [0.05, 0.1) is 5.69 Å². The molecule has 1 heterocycles. The fraction of sp³-hybridized carbons (Fsp3) is 0.812. The fourth-order valence-electron chi connectivity index (χ4n) is 5.64. The Bertz CT molecular complexity index is 473. The molecule has 0 aliphatic heterocycles. The van der Waals surface area contributed by atoms with Crippen molar-refractivity contribution in [3.05, 3.63) is 17.5 Å². The van der Waals surface area contributed by atoms with E-state index in [4.69, 9.17) is 10.5 Å². The van der Waals surface area contributed by atoms with E-state index in [1.165, 1.54) is 44.2 Å². The number of nitrogens with two attached hydrogens (primary N) is 1. The molecule has 4 aliphatic rings. The van der Waals surface area contributed by atoms with E-state index < -0.39 is 0 Å². The van der Waals surface area contributed by atoms with Gasteiger partial charge >= 0.3 is 0 Å². The highest BCUT2D eigenvalue weighted by atomic mass is 16.5. The molecular formula is C16H25N3O. The Hall–Kier alpha value is -0.870. The van der Waals surface area contributed by atoms with Gasteiger partial charge in [-0.2, -0.15) is 5.10 Å². The molecule has 0 saturated heterocycles. The average Bonchev–Trinajstić information content (AvgIpc) is 2.81. The summed E-state index contributed by atoms with van der Waals surface area (Å²) >= 11 is 0. The smallest absolute Gasteiger partial charge is 0.139 e. The maximum Gasteiger partial charge on any atom is 0.139 e. The fourth-order valence-corrected chi connectivity index (χ4v) is 5.64. The molecule has 0 aromatic carbocycles. The van der Waals surface area contributed by atoms with Gasteiger partial charge < -0.3 is 10.5 Å². The van der Waals surface area contributed by atoms with Crippen molar-refractivity contribution in [3.63, 3.8) is 0 Å². The topological polar surface area (TPSA) is 53.1 Å². The normalized spacial score (nSPS) is 38.6. The monoisotopic (exact) mass is 275 g/mol. The molecule has 20 heavy (non-hydrogen) atoms. The third kappa shape index (κ3) is 1.85. The van der Waals surface area contributed by atoms with E-state index in [9.17, 15) is 0 Å². The number of nitrogens with zero attached hydrogens (tertiary/aromatic N) is 2. The molecule has 4 heteroatoms. The van der Waals surface area contributed by atoms with Crippen molar-refractivity contribution >= 4 is 0 Å². The van der Waals surface area contributed by atoms with Crippen LogP contribution in [-0.2, 0) is 23.4 Å². The summed E-state index contributed by atoms with van der Waals surface area (Å²) < 4.78 is 7.43. The van der Waals surface area contributed by atoms with Crippen LogP contribution in [0.1, 0.15) is 49.9 Å². The van der Waals surface area contributed by atoms with Gasteiger partial charge in [-0.25, -0.2) is 4.68 Å². The lowest BCUT2D eigenvalue weighted by Gasteiger charge is -2.56. The average molecular weight is 275 g/mol. The van der Waals surface area contributed by atoms with E-state index in [1.807, 2.05) is 0 Å². The van der Waals surface area contributed by atoms with Gasteiger partial charge in [0, 0.05) is 24.8 Å². The largest absolute Gasteiger partial charge is 0.362 e. The second kappa shape index (κ2) is 4.57. The molecule has 0 radical (unpaired) electrons. The Kier molecular flexibility index (Phi) is 2.93. The molecule has 0 unspecified atom stereocenters. The molecule has 5 rings (SSSR count). The Balaban J connectivity index is 1.74. The standard InChI is InChI=1S/C16H25N3O/c1-20-10-19-15(5-14(9-17)18-19)16-6-11-2-12(7-16)4-13(3-11)8-16/h5,11-13H,2-4,6-10,17H2,1H3. The van der Waals surface area contributed by atoms with Crippen molar-refractivity contribution in [2.45, 2.75) is 57.2 Å². The summed E-state index contributed by atoms with van der Waals surface area (Å²) in [5.41, 5.74) is 8.58. The summed E-state index contributed by atoms with van der Waals surface area (Å²) in [6.45, 7) is 1.08. The number of hydrogen-bond donors (Lipinski definition) is 1. The first kappa shape index (κ1) is 12.8. The minimum absolute atomic E-state index is 0.369. The zero-order chi connectivity index (χ0) is 13.7. The molecule has 4 aliphatic carbocycles. The molecule has 4 fully saturated rings. The first-order valence-corrected chi connectivity index (χ1v) is 7.98.